The number of para-hydroxylation sites is 2. The van der Waals surface area contributed by atoms with Crippen LogP contribution >= 0.6 is 0 Å². The third-order valence-electron chi connectivity index (χ3n) is 3.29. The van der Waals surface area contributed by atoms with Gasteiger partial charge in [0.1, 0.15) is 5.92 Å². The first-order valence-corrected chi connectivity index (χ1v) is 6.44. The highest BCUT2D eigenvalue weighted by atomic mass is 16.4. The van der Waals surface area contributed by atoms with E-state index in [1.807, 2.05) is 0 Å². The van der Waals surface area contributed by atoms with Crippen molar-refractivity contribution in [2.45, 2.75) is 19.8 Å². The summed E-state index contributed by atoms with van der Waals surface area (Å²) in [6.07, 6.45) is 1.28. The first-order chi connectivity index (χ1) is 9.50. The van der Waals surface area contributed by atoms with Gasteiger partial charge in [-0.25, -0.2) is 0 Å². The fourth-order valence-electron chi connectivity index (χ4n) is 2.07. The van der Waals surface area contributed by atoms with Crippen LogP contribution in [0.3, 0.4) is 0 Å². The zero-order chi connectivity index (χ0) is 14.7. The van der Waals surface area contributed by atoms with Crippen molar-refractivity contribution in [1.29, 1.82) is 0 Å². The van der Waals surface area contributed by atoms with E-state index in [0.717, 1.165) is 6.42 Å². The Hall–Kier alpha value is -2.37. The van der Waals surface area contributed by atoms with Crippen LogP contribution in [-0.4, -0.2) is 29.4 Å². The van der Waals surface area contributed by atoms with Gasteiger partial charge >= 0.3 is 5.97 Å². The zero-order valence-corrected chi connectivity index (χ0v) is 11.1. The van der Waals surface area contributed by atoms with Crippen molar-refractivity contribution >= 4 is 29.2 Å². The van der Waals surface area contributed by atoms with Gasteiger partial charge in [0.15, 0.2) is 0 Å². The van der Waals surface area contributed by atoms with Crippen LogP contribution in [0.5, 0.6) is 0 Å². The fourth-order valence-corrected chi connectivity index (χ4v) is 2.07. The Bertz CT molecular complexity index is 556. The van der Waals surface area contributed by atoms with Crippen molar-refractivity contribution in [3.63, 3.8) is 0 Å². The molecule has 1 heterocycles. The highest BCUT2D eigenvalue weighted by molar-refractivity contribution is 6.07. The molecule has 1 aromatic carbocycles. The van der Waals surface area contributed by atoms with E-state index in [9.17, 15) is 14.4 Å². The molecule has 0 aromatic heterocycles. The highest BCUT2D eigenvalue weighted by Crippen LogP contribution is 2.29. The van der Waals surface area contributed by atoms with Crippen LogP contribution in [0.25, 0.3) is 0 Å². The average Bonchev–Trinajstić information content (AvgIpc) is 2.84. The number of aliphatic carboxylic acids is 1. The highest BCUT2D eigenvalue weighted by Gasteiger charge is 2.26. The van der Waals surface area contributed by atoms with Gasteiger partial charge in [-0.1, -0.05) is 12.1 Å². The second-order valence-corrected chi connectivity index (χ2v) is 4.72. The molecule has 6 nitrogen and oxygen atoms in total. The number of carboxylic acid groups (broad SMARTS) is 1. The lowest BCUT2D eigenvalue weighted by atomic mass is 10.1. The molecule has 0 saturated carbocycles. The Labute approximate surface area is 116 Å². The average molecular weight is 276 g/mol. The number of hydrogen-bond acceptors (Lipinski definition) is 3. The number of hydrogen-bond donors (Lipinski definition) is 2. The number of carbonyl (C=O) groups excluding carboxylic acids is 2. The molecule has 0 bridgehead atoms. The molecule has 1 aliphatic heterocycles. The third-order valence-corrected chi connectivity index (χ3v) is 3.29. The van der Waals surface area contributed by atoms with E-state index in [-0.39, 0.29) is 5.91 Å². The van der Waals surface area contributed by atoms with Gasteiger partial charge in [0, 0.05) is 13.0 Å². The van der Waals surface area contributed by atoms with E-state index in [1.165, 1.54) is 6.92 Å². The van der Waals surface area contributed by atoms with Gasteiger partial charge in [0.25, 0.3) is 0 Å². The van der Waals surface area contributed by atoms with Crippen molar-refractivity contribution in [3.8, 4) is 0 Å². The third kappa shape index (κ3) is 2.79. The van der Waals surface area contributed by atoms with E-state index < -0.39 is 17.8 Å². The quantitative estimate of drug-likeness (QED) is 0.815. The first-order valence-electron chi connectivity index (χ1n) is 6.44. The van der Waals surface area contributed by atoms with Gasteiger partial charge in [-0.15, -0.1) is 0 Å². The van der Waals surface area contributed by atoms with Crippen LogP contribution in [0.15, 0.2) is 24.3 Å². The summed E-state index contributed by atoms with van der Waals surface area (Å²) in [7, 11) is 0. The summed E-state index contributed by atoms with van der Waals surface area (Å²) >= 11 is 0. The number of rotatable bonds is 4. The number of nitrogens with one attached hydrogen (secondary N) is 1. The molecule has 1 atom stereocenters. The van der Waals surface area contributed by atoms with Crippen LogP contribution in [0, 0.1) is 5.92 Å². The Balaban J connectivity index is 2.22. The molecule has 1 saturated heterocycles. The molecule has 106 valence electrons. The summed E-state index contributed by atoms with van der Waals surface area (Å²) in [4.78, 5) is 36.0. The molecule has 6 heteroatoms. The number of carboxylic acids is 1. The lowest BCUT2D eigenvalue weighted by molar-refractivity contribution is -0.144. The van der Waals surface area contributed by atoms with Crippen molar-refractivity contribution < 1.29 is 19.5 Å². The van der Waals surface area contributed by atoms with Crippen LogP contribution in [0.1, 0.15) is 19.8 Å². The standard InChI is InChI=1S/C14H16N2O4/c1-9(14(19)20)13(18)15-10-5-2-3-6-11(10)16-8-4-7-12(16)17/h2-3,5-6,9H,4,7-8H2,1H3,(H,15,18)(H,19,20). The van der Waals surface area contributed by atoms with Crippen LogP contribution in [-0.2, 0) is 14.4 Å². The number of amides is 2. The largest absolute Gasteiger partial charge is 0.481 e. The van der Waals surface area contributed by atoms with Crippen molar-refractivity contribution in [1.82, 2.24) is 0 Å². The molecule has 20 heavy (non-hydrogen) atoms. The SMILES string of the molecule is CC(C(=O)O)C(=O)Nc1ccccc1N1CCCC1=O. The molecule has 1 aromatic rings. The normalized spacial score (nSPS) is 16.1. The Kier molecular flexibility index (Phi) is 4.02. The van der Waals surface area contributed by atoms with E-state index in [4.69, 9.17) is 5.11 Å². The maximum atomic E-state index is 11.8. The number of nitrogens with zero attached hydrogens (tertiary/aromatic N) is 1. The first kappa shape index (κ1) is 14.0. The van der Waals surface area contributed by atoms with Crippen LogP contribution < -0.4 is 10.2 Å². The molecule has 2 N–H and O–H groups in total. The van der Waals surface area contributed by atoms with Gasteiger partial charge in [0.2, 0.25) is 11.8 Å². The molecule has 1 aliphatic rings. The maximum Gasteiger partial charge on any atom is 0.315 e. The molecule has 0 spiro atoms. The van der Waals surface area contributed by atoms with Crippen molar-refractivity contribution in [3.05, 3.63) is 24.3 Å². The summed E-state index contributed by atoms with van der Waals surface area (Å²) in [5.74, 6) is -2.91. The lowest BCUT2D eigenvalue weighted by Crippen LogP contribution is -2.29. The minimum Gasteiger partial charge on any atom is -0.481 e. The second kappa shape index (κ2) is 5.73. The van der Waals surface area contributed by atoms with E-state index >= 15 is 0 Å². The summed E-state index contributed by atoms with van der Waals surface area (Å²) in [5, 5.41) is 11.4. The predicted molar refractivity (Wildman–Crippen MR) is 73.5 cm³/mol. The molecule has 0 radical (unpaired) electrons. The smallest absolute Gasteiger partial charge is 0.315 e. The van der Waals surface area contributed by atoms with Crippen LogP contribution in [0.4, 0.5) is 11.4 Å². The van der Waals surface area contributed by atoms with E-state index in [2.05, 4.69) is 5.32 Å². The second-order valence-electron chi connectivity index (χ2n) is 4.72. The van der Waals surface area contributed by atoms with E-state index in [0.29, 0.717) is 24.3 Å². The predicted octanol–water partition coefficient (Wildman–Crippen LogP) is 1.47. The Morgan fingerprint density at radius 3 is 2.65 bits per heavy atom. The molecular weight excluding hydrogens is 260 g/mol. The Morgan fingerprint density at radius 1 is 1.35 bits per heavy atom. The van der Waals surface area contributed by atoms with Crippen molar-refractivity contribution in [2.24, 2.45) is 5.92 Å². The fraction of sp³-hybridized carbons (Fsp3) is 0.357. The molecule has 1 fully saturated rings. The monoisotopic (exact) mass is 276 g/mol. The summed E-state index contributed by atoms with van der Waals surface area (Å²) in [5.41, 5.74) is 1.07. The Morgan fingerprint density at radius 2 is 2.05 bits per heavy atom. The van der Waals surface area contributed by atoms with Gasteiger partial charge in [-0.3, -0.25) is 14.4 Å². The topological polar surface area (TPSA) is 86.7 Å². The molecular formula is C14H16N2O4. The number of carbonyl (C=O) groups is 3. The molecule has 2 rings (SSSR count). The summed E-state index contributed by atoms with van der Waals surface area (Å²) in [6, 6.07) is 6.90. The molecule has 2 amide bonds. The van der Waals surface area contributed by atoms with Crippen molar-refractivity contribution in [2.75, 3.05) is 16.8 Å². The maximum absolute atomic E-state index is 11.8. The summed E-state index contributed by atoms with van der Waals surface area (Å²) < 4.78 is 0. The number of anilines is 2. The van der Waals surface area contributed by atoms with Gasteiger partial charge in [0.05, 0.1) is 11.4 Å². The van der Waals surface area contributed by atoms with Crippen LogP contribution in [0.2, 0.25) is 0 Å². The molecule has 0 aliphatic carbocycles. The van der Waals surface area contributed by atoms with E-state index in [1.54, 1.807) is 29.2 Å². The van der Waals surface area contributed by atoms with Gasteiger partial charge in [-0.2, -0.15) is 0 Å². The minimum atomic E-state index is -1.18. The molecule has 1 unspecified atom stereocenters. The number of benzene rings is 1. The minimum absolute atomic E-state index is 0.0120. The zero-order valence-electron chi connectivity index (χ0n) is 11.1. The van der Waals surface area contributed by atoms with Gasteiger partial charge in [-0.05, 0) is 25.5 Å². The lowest BCUT2D eigenvalue weighted by Gasteiger charge is -2.20. The van der Waals surface area contributed by atoms with Gasteiger partial charge < -0.3 is 15.3 Å². The summed E-state index contributed by atoms with van der Waals surface area (Å²) in [6.45, 7) is 1.93.